The van der Waals surface area contributed by atoms with Crippen LogP contribution in [0.2, 0.25) is 0 Å². The third-order valence-electron chi connectivity index (χ3n) is 6.24. The maximum Gasteiger partial charge on any atom is 0.263 e. The molecule has 9 nitrogen and oxygen atoms in total. The molecule has 2 aromatic heterocycles. The second-order valence-corrected chi connectivity index (χ2v) is 10.4. The average molecular weight is 484 g/mol. The van der Waals surface area contributed by atoms with Crippen molar-refractivity contribution in [3.63, 3.8) is 0 Å². The Balaban J connectivity index is 1.23. The number of piperazine rings is 1. The third kappa shape index (κ3) is 5.94. The van der Waals surface area contributed by atoms with Gasteiger partial charge in [-0.25, -0.2) is 13.4 Å². The molecule has 10 heteroatoms. The van der Waals surface area contributed by atoms with Gasteiger partial charge in [-0.2, -0.15) is 5.10 Å². The molecule has 0 aliphatic carbocycles. The normalized spacial score (nSPS) is 15.4. The summed E-state index contributed by atoms with van der Waals surface area (Å²) in [7, 11) is -1.95. The Labute approximate surface area is 201 Å². The van der Waals surface area contributed by atoms with E-state index in [1.165, 1.54) is 11.8 Å². The topological polar surface area (TPSA) is 95.4 Å². The van der Waals surface area contributed by atoms with E-state index in [0.29, 0.717) is 17.2 Å². The van der Waals surface area contributed by atoms with E-state index in [-0.39, 0.29) is 4.90 Å². The molecule has 0 amide bonds. The lowest BCUT2D eigenvalue weighted by Crippen LogP contribution is -2.47. The first-order chi connectivity index (χ1) is 16.3. The van der Waals surface area contributed by atoms with Gasteiger partial charge in [-0.1, -0.05) is 30.3 Å². The summed E-state index contributed by atoms with van der Waals surface area (Å²) in [5, 5.41) is 7.55. The highest BCUT2D eigenvalue weighted by molar-refractivity contribution is 7.92. The third-order valence-corrected chi connectivity index (χ3v) is 7.58. The molecular weight excluding hydrogens is 450 g/mol. The van der Waals surface area contributed by atoms with E-state index in [2.05, 4.69) is 60.3 Å². The number of anilines is 2. The first kappa shape index (κ1) is 24.2. The number of hydrogen-bond donors (Lipinski definition) is 2. The second kappa shape index (κ2) is 10.5. The number of aromatic nitrogens is 3. The lowest BCUT2D eigenvalue weighted by atomic mass is 10.2. The van der Waals surface area contributed by atoms with Crippen LogP contribution in [0, 0.1) is 13.8 Å². The van der Waals surface area contributed by atoms with Crippen LogP contribution in [0.25, 0.3) is 0 Å². The summed E-state index contributed by atoms with van der Waals surface area (Å²) in [5.74, 6) is 0.662. The maximum absolute atomic E-state index is 12.8. The number of benzene rings is 1. The molecule has 1 saturated heterocycles. The minimum atomic E-state index is -3.73. The molecule has 4 rings (SSSR count). The van der Waals surface area contributed by atoms with Crippen molar-refractivity contribution >= 4 is 21.5 Å². The van der Waals surface area contributed by atoms with Gasteiger partial charge in [0.05, 0.1) is 17.1 Å². The molecule has 182 valence electrons. The molecular formula is C24H33N7O2S. The largest absolute Gasteiger partial charge is 0.369 e. The molecule has 0 unspecified atom stereocenters. The van der Waals surface area contributed by atoms with Crippen molar-refractivity contribution in [2.45, 2.75) is 25.3 Å². The molecule has 1 aliphatic heterocycles. The van der Waals surface area contributed by atoms with Crippen LogP contribution in [-0.2, 0) is 23.6 Å². The van der Waals surface area contributed by atoms with Crippen molar-refractivity contribution in [3.8, 4) is 0 Å². The second-order valence-electron chi connectivity index (χ2n) is 8.68. The van der Waals surface area contributed by atoms with E-state index in [9.17, 15) is 8.42 Å². The number of nitrogens with one attached hydrogen (secondary N) is 2. The predicted molar refractivity (Wildman–Crippen MR) is 134 cm³/mol. The number of aryl methyl sites for hydroxylation is 2. The lowest BCUT2D eigenvalue weighted by Gasteiger charge is -2.34. The molecule has 0 saturated carbocycles. The van der Waals surface area contributed by atoms with Crippen LogP contribution in [0.1, 0.15) is 17.0 Å². The number of pyridine rings is 1. The molecule has 2 N–H and O–H groups in total. The van der Waals surface area contributed by atoms with Crippen molar-refractivity contribution in [2.24, 2.45) is 7.05 Å². The Morgan fingerprint density at radius 3 is 2.29 bits per heavy atom. The van der Waals surface area contributed by atoms with Gasteiger partial charge in [-0.15, -0.1) is 0 Å². The molecule has 1 aromatic carbocycles. The van der Waals surface area contributed by atoms with E-state index in [4.69, 9.17) is 0 Å². The van der Waals surface area contributed by atoms with E-state index in [1.54, 1.807) is 30.8 Å². The molecule has 0 atom stereocenters. The summed E-state index contributed by atoms with van der Waals surface area (Å²) in [6.45, 7) is 10.5. The Morgan fingerprint density at radius 2 is 1.68 bits per heavy atom. The average Bonchev–Trinajstić information content (AvgIpc) is 3.07. The molecule has 0 radical (unpaired) electrons. The van der Waals surface area contributed by atoms with Gasteiger partial charge >= 0.3 is 0 Å². The Kier molecular flexibility index (Phi) is 7.50. The van der Waals surface area contributed by atoms with Gasteiger partial charge in [0.15, 0.2) is 0 Å². The fourth-order valence-electron chi connectivity index (χ4n) is 4.11. The fourth-order valence-corrected chi connectivity index (χ4v) is 5.23. The minimum Gasteiger partial charge on any atom is -0.369 e. The SMILES string of the molecule is Cc1nn(C)c(C)c1NS(=O)(=O)c1ccc(NCCN2CCN(Cc3ccccc3)CC2)nc1. The Bertz CT molecular complexity index is 1190. The van der Waals surface area contributed by atoms with Crippen LogP contribution in [0.15, 0.2) is 53.6 Å². The predicted octanol–water partition coefficient (Wildman–Crippen LogP) is 2.46. The first-order valence-corrected chi connectivity index (χ1v) is 13.0. The van der Waals surface area contributed by atoms with Gasteiger partial charge in [0.2, 0.25) is 0 Å². The number of nitrogens with zero attached hydrogens (tertiary/aromatic N) is 5. The zero-order valence-corrected chi connectivity index (χ0v) is 20.8. The smallest absolute Gasteiger partial charge is 0.263 e. The zero-order chi connectivity index (χ0) is 24.1. The molecule has 0 spiro atoms. The van der Waals surface area contributed by atoms with Crippen molar-refractivity contribution < 1.29 is 8.42 Å². The summed E-state index contributed by atoms with van der Waals surface area (Å²) < 4.78 is 29.8. The fraction of sp³-hybridized carbons (Fsp3) is 0.417. The van der Waals surface area contributed by atoms with Gasteiger partial charge in [0.1, 0.15) is 10.7 Å². The molecule has 3 heterocycles. The van der Waals surface area contributed by atoms with E-state index in [0.717, 1.165) is 51.5 Å². The van der Waals surface area contributed by atoms with Crippen LogP contribution in [0.5, 0.6) is 0 Å². The summed E-state index contributed by atoms with van der Waals surface area (Å²) in [6, 6.07) is 13.9. The molecule has 1 fully saturated rings. The maximum atomic E-state index is 12.8. The van der Waals surface area contributed by atoms with Gasteiger partial charge in [0, 0.05) is 59.1 Å². The zero-order valence-electron chi connectivity index (χ0n) is 20.0. The molecule has 3 aromatic rings. The van der Waals surface area contributed by atoms with Crippen molar-refractivity contribution in [2.75, 3.05) is 49.3 Å². The van der Waals surface area contributed by atoms with E-state index in [1.807, 2.05) is 6.92 Å². The van der Waals surface area contributed by atoms with Crippen LogP contribution in [0.4, 0.5) is 11.5 Å². The van der Waals surface area contributed by atoms with Crippen LogP contribution in [-0.4, -0.2) is 72.3 Å². The highest BCUT2D eigenvalue weighted by Gasteiger charge is 2.20. The van der Waals surface area contributed by atoms with Crippen LogP contribution >= 0.6 is 0 Å². The standard InChI is InChI=1S/C24H33N7O2S/c1-19-24(20(2)29(3)27-19)28-34(32,33)22-9-10-23(26-17-22)25-11-12-30-13-15-31(16-14-30)18-21-7-5-4-6-8-21/h4-10,17,28H,11-16,18H2,1-3H3,(H,25,26). The van der Waals surface area contributed by atoms with E-state index < -0.39 is 10.0 Å². The number of rotatable bonds is 9. The minimum absolute atomic E-state index is 0.121. The Morgan fingerprint density at radius 1 is 0.971 bits per heavy atom. The van der Waals surface area contributed by atoms with Gasteiger partial charge in [-0.05, 0) is 31.5 Å². The summed E-state index contributed by atoms with van der Waals surface area (Å²) in [4.78, 5) is 9.35. The number of sulfonamides is 1. The highest BCUT2D eigenvalue weighted by Crippen LogP contribution is 2.22. The summed E-state index contributed by atoms with van der Waals surface area (Å²) in [6.07, 6.45) is 1.38. The molecule has 1 aliphatic rings. The lowest BCUT2D eigenvalue weighted by molar-refractivity contribution is 0.130. The Hall–Kier alpha value is -2.95. The molecule has 34 heavy (non-hydrogen) atoms. The van der Waals surface area contributed by atoms with Crippen molar-refractivity contribution in [1.82, 2.24) is 24.6 Å². The highest BCUT2D eigenvalue weighted by atomic mass is 32.2. The summed E-state index contributed by atoms with van der Waals surface area (Å²) >= 11 is 0. The van der Waals surface area contributed by atoms with E-state index >= 15 is 0 Å². The quantitative estimate of drug-likeness (QED) is 0.483. The first-order valence-electron chi connectivity index (χ1n) is 11.5. The van der Waals surface area contributed by atoms with Gasteiger partial charge < -0.3 is 5.32 Å². The monoisotopic (exact) mass is 483 g/mol. The molecule has 0 bridgehead atoms. The van der Waals surface area contributed by atoms with Gasteiger partial charge in [-0.3, -0.25) is 19.2 Å². The summed E-state index contributed by atoms with van der Waals surface area (Å²) in [5.41, 5.74) is 3.26. The van der Waals surface area contributed by atoms with Crippen LogP contribution < -0.4 is 10.0 Å². The van der Waals surface area contributed by atoms with Crippen LogP contribution in [0.3, 0.4) is 0 Å². The van der Waals surface area contributed by atoms with Crippen molar-refractivity contribution in [1.29, 1.82) is 0 Å². The van der Waals surface area contributed by atoms with Gasteiger partial charge in [0.25, 0.3) is 10.0 Å². The number of hydrogen-bond acceptors (Lipinski definition) is 7. The van der Waals surface area contributed by atoms with Crippen molar-refractivity contribution in [3.05, 3.63) is 65.6 Å².